The highest BCUT2D eigenvalue weighted by molar-refractivity contribution is 7.22. The highest BCUT2D eigenvalue weighted by atomic mass is 32.1. The summed E-state index contributed by atoms with van der Waals surface area (Å²) in [4.78, 5) is 32.2. The van der Waals surface area contributed by atoms with Gasteiger partial charge in [-0.3, -0.25) is 13.9 Å². The molecule has 0 unspecified atom stereocenters. The van der Waals surface area contributed by atoms with E-state index < -0.39 is 11.5 Å². The molecule has 0 atom stereocenters. The predicted molar refractivity (Wildman–Crippen MR) is 126 cm³/mol. The number of fused-ring (bicyclic) bond motifs is 1. The lowest BCUT2D eigenvalue weighted by Crippen LogP contribution is -2.45. The topological polar surface area (TPSA) is 104 Å². The van der Waals surface area contributed by atoms with E-state index in [0.29, 0.717) is 57.4 Å². The molecular formula is C23H24FN5O4S. The Morgan fingerprint density at radius 3 is 2.76 bits per heavy atom. The molecule has 34 heavy (non-hydrogen) atoms. The SMILES string of the molecule is CCc1noc(Cn2c(=O)n(C3CCNCC3)c(=O)c3sc(-c4ccc(F)cc4OC)cc32)n1. The van der Waals surface area contributed by atoms with Crippen molar-refractivity contribution in [3.8, 4) is 16.2 Å². The minimum absolute atomic E-state index is 0.0459. The number of piperidine rings is 1. The van der Waals surface area contributed by atoms with Crippen LogP contribution in [0.3, 0.4) is 0 Å². The number of hydrogen-bond acceptors (Lipinski definition) is 8. The average molecular weight is 486 g/mol. The highest BCUT2D eigenvalue weighted by Gasteiger charge is 2.25. The zero-order chi connectivity index (χ0) is 23.8. The Hall–Kier alpha value is -3.31. The number of methoxy groups -OCH3 is 1. The van der Waals surface area contributed by atoms with Gasteiger partial charge in [0.25, 0.3) is 5.56 Å². The molecule has 1 fully saturated rings. The summed E-state index contributed by atoms with van der Waals surface area (Å²) >= 11 is 1.26. The van der Waals surface area contributed by atoms with Crippen molar-refractivity contribution in [3.05, 3.63) is 62.6 Å². The maximum Gasteiger partial charge on any atom is 0.332 e. The van der Waals surface area contributed by atoms with E-state index in [1.807, 2.05) is 6.92 Å². The van der Waals surface area contributed by atoms with Crippen LogP contribution in [0, 0.1) is 5.82 Å². The summed E-state index contributed by atoms with van der Waals surface area (Å²) in [5.41, 5.74) is 0.391. The Morgan fingerprint density at radius 1 is 1.26 bits per heavy atom. The fourth-order valence-corrected chi connectivity index (χ4v) is 5.47. The molecule has 4 heterocycles. The van der Waals surface area contributed by atoms with Crippen molar-refractivity contribution in [3.63, 3.8) is 0 Å². The lowest BCUT2D eigenvalue weighted by atomic mass is 10.1. The van der Waals surface area contributed by atoms with Gasteiger partial charge in [-0.1, -0.05) is 12.1 Å². The third kappa shape index (κ3) is 3.94. The monoisotopic (exact) mass is 485 g/mol. The normalized spacial score (nSPS) is 14.7. The largest absolute Gasteiger partial charge is 0.496 e. The summed E-state index contributed by atoms with van der Waals surface area (Å²) in [6, 6.07) is 5.82. The highest BCUT2D eigenvalue weighted by Crippen LogP contribution is 2.37. The second-order valence-corrected chi connectivity index (χ2v) is 9.20. The van der Waals surface area contributed by atoms with Gasteiger partial charge in [0.15, 0.2) is 5.82 Å². The van der Waals surface area contributed by atoms with E-state index in [1.54, 1.807) is 12.1 Å². The molecule has 0 saturated carbocycles. The molecule has 178 valence electrons. The van der Waals surface area contributed by atoms with Crippen molar-refractivity contribution in [2.75, 3.05) is 20.2 Å². The Balaban J connectivity index is 1.73. The fourth-order valence-electron chi connectivity index (χ4n) is 4.34. The summed E-state index contributed by atoms with van der Waals surface area (Å²) in [7, 11) is 1.46. The van der Waals surface area contributed by atoms with Crippen LogP contribution in [0.4, 0.5) is 4.39 Å². The minimum atomic E-state index is -0.421. The van der Waals surface area contributed by atoms with E-state index in [4.69, 9.17) is 9.26 Å². The van der Waals surface area contributed by atoms with Crippen molar-refractivity contribution in [2.45, 2.75) is 38.8 Å². The summed E-state index contributed by atoms with van der Waals surface area (Å²) in [6.45, 7) is 3.43. The zero-order valence-corrected chi connectivity index (χ0v) is 19.7. The van der Waals surface area contributed by atoms with Crippen LogP contribution in [0.15, 0.2) is 38.4 Å². The van der Waals surface area contributed by atoms with Crippen molar-refractivity contribution in [1.29, 1.82) is 0 Å². The number of aromatic nitrogens is 4. The lowest BCUT2D eigenvalue weighted by Gasteiger charge is -2.24. The number of nitrogens with one attached hydrogen (secondary N) is 1. The van der Waals surface area contributed by atoms with Crippen LogP contribution in [0.2, 0.25) is 0 Å². The molecule has 5 rings (SSSR count). The summed E-state index contributed by atoms with van der Waals surface area (Å²) < 4.78 is 27.8. The molecule has 0 radical (unpaired) electrons. The van der Waals surface area contributed by atoms with E-state index in [9.17, 15) is 14.0 Å². The van der Waals surface area contributed by atoms with Gasteiger partial charge in [-0.25, -0.2) is 9.18 Å². The van der Waals surface area contributed by atoms with Crippen molar-refractivity contribution < 1.29 is 13.7 Å². The number of halogens is 1. The van der Waals surface area contributed by atoms with Crippen molar-refractivity contribution >= 4 is 21.6 Å². The molecule has 0 amide bonds. The molecule has 1 N–H and O–H groups in total. The number of benzene rings is 1. The van der Waals surface area contributed by atoms with E-state index in [0.717, 1.165) is 13.1 Å². The van der Waals surface area contributed by atoms with Gasteiger partial charge >= 0.3 is 5.69 Å². The number of aryl methyl sites for hydroxylation is 1. The number of nitrogens with zero attached hydrogens (tertiary/aromatic N) is 4. The second kappa shape index (κ2) is 9.15. The smallest absolute Gasteiger partial charge is 0.332 e. The molecule has 1 aliphatic rings. The van der Waals surface area contributed by atoms with Crippen molar-refractivity contribution in [2.24, 2.45) is 0 Å². The third-order valence-corrected chi connectivity index (χ3v) is 7.22. The fraction of sp³-hybridized carbons (Fsp3) is 0.391. The molecule has 0 spiro atoms. The Kier molecular flexibility index (Phi) is 6.05. The van der Waals surface area contributed by atoms with E-state index in [1.165, 1.54) is 39.7 Å². The Labute approximate surface area is 197 Å². The first kappa shape index (κ1) is 22.5. The molecule has 3 aromatic heterocycles. The van der Waals surface area contributed by atoms with E-state index in [-0.39, 0.29) is 18.1 Å². The number of rotatable bonds is 6. The van der Waals surface area contributed by atoms with E-state index >= 15 is 0 Å². The molecule has 4 aromatic rings. The van der Waals surface area contributed by atoms with Crippen LogP contribution in [0.25, 0.3) is 20.7 Å². The third-order valence-electron chi connectivity index (χ3n) is 6.08. The first-order valence-electron chi connectivity index (χ1n) is 11.1. The second-order valence-electron chi connectivity index (χ2n) is 8.15. The van der Waals surface area contributed by atoms with Gasteiger partial charge in [0, 0.05) is 29.0 Å². The van der Waals surface area contributed by atoms with Crippen LogP contribution in [0.5, 0.6) is 5.75 Å². The van der Waals surface area contributed by atoms with E-state index in [2.05, 4.69) is 15.5 Å². The Bertz CT molecular complexity index is 1460. The van der Waals surface area contributed by atoms with Gasteiger partial charge in [0.1, 0.15) is 22.8 Å². The maximum absolute atomic E-state index is 13.8. The first-order valence-corrected chi connectivity index (χ1v) is 12.0. The maximum atomic E-state index is 13.8. The van der Waals surface area contributed by atoms with Crippen LogP contribution in [0.1, 0.15) is 37.5 Å². The van der Waals surface area contributed by atoms with Gasteiger partial charge in [-0.2, -0.15) is 4.98 Å². The van der Waals surface area contributed by atoms with Gasteiger partial charge in [-0.15, -0.1) is 11.3 Å². The van der Waals surface area contributed by atoms with Gasteiger partial charge in [0.05, 0.1) is 12.6 Å². The molecule has 1 saturated heterocycles. The molecule has 9 nitrogen and oxygen atoms in total. The van der Waals surface area contributed by atoms with Crippen molar-refractivity contribution in [1.82, 2.24) is 24.6 Å². The van der Waals surface area contributed by atoms with Crippen LogP contribution in [-0.4, -0.2) is 39.5 Å². The molecule has 1 aliphatic heterocycles. The summed E-state index contributed by atoms with van der Waals surface area (Å²) in [5.74, 6) is 0.773. The van der Waals surface area contributed by atoms with Crippen LogP contribution < -0.4 is 21.3 Å². The summed E-state index contributed by atoms with van der Waals surface area (Å²) in [5, 5.41) is 7.19. The molecule has 0 aliphatic carbocycles. The molecule has 0 bridgehead atoms. The van der Waals surface area contributed by atoms with Crippen LogP contribution in [-0.2, 0) is 13.0 Å². The number of ether oxygens (including phenoxy) is 1. The molecule has 11 heteroatoms. The van der Waals surface area contributed by atoms with Gasteiger partial charge in [-0.05, 0) is 44.1 Å². The summed E-state index contributed by atoms with van der Waals surface area (Å²) in [6.07, 6.45) is 1.98. The molecular weight excluding hydrogens is 461 g/mol. The lowest BCUT2D eigenvalue weighted by molar-refractivity contribution is 0.338. The van der Waals surface area contributed by atoms with Gasteiger partial charge < -0.3 is 14.6 Å². The first-order chi connectivity index (χ1) is 16.5. The van der Waals surface area contributed by atoms with Crippen LogP contribution >= 0.6 is 11.3 Å². The number of hydrogen-bond donors (Lipinski definition) is 1. The van der Waals surface area contributed by atoms with Gasteiger partial charge in [0.2, 0.25) is 5.89 Å². The average Bonchev–Trinajstić information content (AvgIpc) is 3.50. The number of thiophene rings is 1. The quantitative estimate of drug-likeness (QED) is 0.448. The minimum Gasteiger partial charge on any atom is -0.496 e. The zero-order valence-electron chi connectivity index (χ0n) is 18.8. The standard InChI is InChI=1S/C23H24FN5O4S/c1-3-19-26-20(33-27-19)12-28-16-11-18(15-5-4-13(24)10-17(15)32-2)34-21(16)22(30)29(23(28)31)14-6-8-25-9-7-14/h4-5,10-11,14,25H,3,6-9,12H2,1-2H3. The predicted octanol–water partition coefficient (Wildman–Crippen LogP) is 2.96. The Morgan fingerprint density at radius 2 is 2.06 bits per heavy atom. The molecule has 1 aromatic carbocycles.